The summed E-state index contributed by atoms with van der Waals surface area (Å²) in [7, 11) is 2.90. The Balaban J connectivity index is 1.80. The maximum Gasteiger partial charge on any atom is 0.387 e. The number of rotatable bonds is 7. The summed E-state index contributed by atoms with van der Waals surface area (Å²) in [4.78, 5) is 17.9. The summed E-state index contributed by atoms with van der Waals surface area (Å²) in [6.45, 7) is -1.04. The van der Waals surface area contributed by atoms with Gasteiger partial charge in [0.25, 0.3) is 5.91 Å². The number of aromatic nitrogens is 1. The molecule has 1 N–H and O–H groups in total. The molecule has 30 heavy (non-hydrogen) atoms. The Kier molecular flexibility index (Phi) is 6.73. The van der Waals surface area contributed by atoms with Gasteiger partial charge in [0, 0.05) is 16.0 Å². The lowest BCUT2D eigenvalue weighted by Gasteiger charge is -2.11. The fourth-order valence-electron chi connectivity index (χ4n) is 2.73. The minimum atomic E-state index is -2.89. The SMILES string of the molecule is COc1cc(C(=O)Nc2nc(-c3ccc(OC(F)F)cc3)c(C)s2)cc(Cl)c1OC. The first-order valence-electron chi connectivity index (χ1n) is 8.58. The van der Waals surface area contributed by atoms with E-state index in [9.17, 15) is 13.6 Å². The molecule has 3 rings (SSSR count). The number of aryl methyl sites for hydroxylation is 1. The Morgan fingerprint density at radius 2 is 1.87 bits per heavy atom. The number of ether oxygens (including phenoxy) is 3. The molecule has 0 aliphatic carbocycles. The smallest absolute Gasteiger partial charge is 0.387 e. The molecule has 0 aliphatic heterocycles. The number of nitrogens with one attached hydrogen (secondary N) is 1. The highest BCUT2D eigenvalue weighted by atomic mass is 35.5. The maximum atomic E-state index is 12.7. The van der Waals surface area contributed by atoms with Crippen molar-refractivity contribution in [2.45, 2.75) is 13.5 Å². The molecule has 6 nitrogen and oxygen atoms in total. The van der Waals surface area contributed by atoms with Crippen LogP contribution in [0.4, 0.5) is 13.9 Å². The van der Waals surface area contributed by atoms with Crippen LogP contribution in [0.15, 0.2) is 36.4 Å². The first kappa shape index (κ1) is 21.8. The zero-order valence-corrected chi connectivity index (χ0v) is 17.7. The van der Waals surface area contributed by atoms with Crippen molar-refractivity contribution in [2.24, 2.45) is 0 Å². The maximum absolute atomic E-state index is 12.7. The number of nitrogens with zero attached hydrogens (tertiary/aromatic N) is 1. The van der Waals surface area contributed by atoms with Crippen molar-refractivity contribution in [3.63, 3.8) is 0 Å². The Bertz CT molecular complexity index is 1060. The minimum absolute atomic E-state index is 0.0560. The summed E-state index contributed by atoms with van der Waals surface area (Å²) in [5, 5.41) is 3.35. The van der Waals surface area contributed by atoms with Gasteiger partial charge in [0.1, 0.15) is 5.75 Å². The third-order valence-electron chi connectivity index (χ3n) is 4.07. The largest absolute Gasteiger partial charge is 0.493 e. The molecule has 0 spiro atoms. The fourth-order valence-corrected chi connectivity index (χ4v) is 3.85. The first-order chi connectivity index (χ1) is 14.3. The number of benzene rings is 2. The molecule has 2 aromatic carbocycles. The number of hydrogen-bond donors (Lipinski definition) is 1. The topological polar surface area (TPSA) is 69.7 Å². The predicted molar refractivity (Wildman–Crippen MR) is 111 cm³/mol. The van der Waals surface area contributed by atoms with E-state index in [2.05, 4.69) is 15.0 Å². The highest BCUT2D eigenvalue weighted by Gasteiger charge is 2.18. The summed E-state index contributed by atoms with van der Waals surface area (Å²) in [5.74, 6) is 0.305. The van der Waals surface area contributed by atoms with E-state index in [1.165, 1.54) is 49.8 Å². The van der Waals surface area contributed by atoms with Crippen molar-refractivity contribution in [1.29, 1.82) is 0 Å². The molecule has 1 amide bonds. The molecule has 0 aliphatic rings. The quantitative estimate of drug-likeness (QED) is 0.500. The number of methoxy groups -OCH3 is 2. The van der Waals surface area contributed by atoms with Crippen LogP contribution >= 0.6 is 22.9 Å². The van der Waals surface area contributed by atoms with Crippen LogP contribution in [0.1, 0.15) is 15.2 Å². The normalized spacial score (nSPS) is 10.8. The molecular weight excluding hydrogens is 438 g/mol. The van der Waals surface area contributed by atoms with Crippen LogP contribution < -0.4 is 19.5 Å². The number of hydrogen-bond acceptors (Lipinski definition) is 6. The van der Waals surface area contributed by atoms with Gasteiger partial charge in [-0.2, -0.15) is 8.78 Å². The molecule has 0 fully saturated rings. The monoisotopic (exact) mass is 454 g/mol. The van der Waals surface area contributed by atoms with E-state index < -0.39 is 12.5 Å². The molecule has 10 heteroatoms. The van der Waals surface area contributed by atoms with Crippen molar-refractivity contribution < 1.29 is 27.8 Å². The molecule has 0 saturated carbocycles. The number of anilines is 1. The number of amides is 1. The molecule has 0 radical (unpaired) electrons. The summed E-state index contributed by atoms with van der Waals surface area (Å²) in [6, 6.07) is 9.11. The van der Waals surface area contributed by atoms with E-state index in [4.69, 9.17) is 21.1 Å². The van der Waals surface area contributed by atoms with E-state index in [0.29, 0.717) is 27.9 Å². The number of alkyl halides is 2. The van der Waals surface area contributed by atoms with Crippen molar-refractivity contribution in [3.8, 4) is 28.5 Å². The Morgan fingerprint density at radius 1 is 1.17 bits per heavy atom. The van der Waals surface area contributed by atoms with Crippen molar-refractivity contribution in [1.82, 2.24) is 4.98 Å². The van der Waals surface area contributed by atoms with Crippen molar-refractivity contribution >= 4 is 34.0 Å². The second-order valence-corrected chi connectivity index (χ2v) is 7.58. The fraction of sp³-hybridized carbons (Fsp3) is 0.200. The van der Waals surface area contributed by atoms with E-state index in [-0.39, 0.29) is 16.3 Å². The summed E-state index contributed by atoms with van der Waals surface area (Å²) in [5.41, 5.74) is 1.62. The van der Waals surface area contributed by atoms with Gasteiger partial charge in [0.2, 0.25) is 0 Å². The molecule has 158 valence electrons. The lowest BCUT2D eigenvalue weighted by Crippen LogP contribution is -2.12. The van der Waals surface area contributed by atoms with E-state index in [1.54, 1.807) is 12.1 Å². The average molecular weight is 455 g/mol. The van der Waals surface area contributed by atoms with Gasteiger partial charge in [0.15, 0.2) is 16.6 Å². The molecule has 0 unspecified atom stereocenters. The van der Waals surface area contributed by atoms with Crippen LogP contribution in [0, 0.1) is 6.92 Å². The number of halogens is 3. The molecule has 1 heterocycles. The van der Waals surface area contributed by atoms with Crippen molar-refractivity contribution in [3.05, 3.63) is 51.9 Å². The van der Waals surface area contributed by atoms with Crippen LogP contribution in [-0.2, 0) is 0 Å². The first-order valence-corrected chi connectivity index (χ1v) is 9.77. The van der Waals surface area contributed by atoms with Crippen molar-refractivity contribution in [2.75, 3.05) is 19.5 Å². The van der Waals surface area contributed by atoms with E-state index >= 15 is 0 Å². The summed E-state index contributed by atoms with van der Waals surface area (Å²) >= 11 is 7.44. The Morgan fingerprint density at radius 3 is 2.47 bits per heavy atom. The van der Waals surface area contributed by atoms with Crippen LogP contribution in [0.25, 0.3) is 11.3 Å². The second-order valence-electron chi connectivity index (χ2n) is 5.97. The van der Waals surface area contributed by atoms with E-state index in [1.807, 2.05) is 6.92 Å². The van der Waals surface area contributed by atoms with Crippen LogP contribution in [-0.4, -0.2) is 31.7 Å². The van der Waals surface area contributed by atoms with Gasteiger partial charge in [-0.25, -0.2) is 4.98 Å². The molecule has 3 aromatic rings. The van der Waals surface area contributed by atoms with Gasteiger partial charge in [-0.05, 0) is 43.3 Å². The van der Waals surface area contributed by atoms with E-state index in [0.717, 1.165) is 4.88 Å². The molecule has 1 aromatic heterocycles. The number of thiazole rings is 1. The summed E-state index contributed by atoms with van der Waals surface area (Å²) in [6.07, 6.45) is 0. The van der Waals surface area contributed by atoms with Gasteiger partial charge in [0.05, 0.1) is 24.9 Å². The molecule has 0 bridgehead atoms. The van der Waals surface area contributed by atoms with Crippen LogP contribution in [0.3, 0.4) is 0 Å². The zero-order valence-electron chi connectivity index (χ0n) is 16.2. The van der Waals surface area contributed by atoms with Gasteiger partial charge in [-0.1, -0.05) is 11.6 Å². The molecule has 0 saturated heterocycles. The molecule has 0 atom stereocenters. The standard InChI is InChI=1S/C20H17ClF2N2O4S/c1-10-16(11-4-6-13(7-5-11)29-19(22)23)24-20(30-10)25-18(26)12-8-14(21)17(28-3)15(9-12)27-2/h4-9,19H,1-3H3,(H,24,25,26). The Labute approximate surface area is 180 Å². The minimum Gasteiger partial charge on any atom is -0.493 e. The average Bonchev–Trinajstić information content (AvgIpc) is 3.07. The van der Waals surface area contributed by atoms with Gasteiger partial charge in [-0.15, -0.1) is 11.3 Å². The number of carbonyl (C=O) groups is 1. The highest BCUT2D eigenvalue weighted by Crippen LogP contribution is 2.37. The Hall–Kier alpha value is -2.91. The second kappa shape index (κ2) is 9.27. The lowest BCUT2D eigenvalue weighted by molar-refractivity contribution is -0.0498. The summed E-state index contributed by atoms with van der Waals surface area (Å²) < 4.78 is 39.3. The number of carbonyl (C=O) groups excluding carboxylic acids is 1. The predicted octanol–water partition coefficient (Wildman–Crippen LogP) is 5.64. The highest BCUT2D eigenvalue weighted by molar-refractivity contribution is 7.16. The van der Waals surface area contributed by atoms with Gasteiger partial charge in [-0.3, -0.25) is 10.1 Å². The van der Waals surface area contributed by atoms with Gasteiger partial charge >= 0.3 is 6.61 Å². The molecular formula is C20H17ClF2N2O4S. The third-order valence-corrected chi connectivity index (χ3v) is 5.23. The van der Waals surface area contributed by atoms with Crippen LogP contribution in [0.2, 0.25) is 5.02 Å². The zero-order chi connectivity index (χ0) is 21.8. The van der Waals surface area contributed by atoms with Gasteiger partial charge < -0.3 is 14.2 Å². The van der Waals surface area contributed by atoms with Crippen LogP contribution in [0.5, 0.6) is 17.2 Å². The third kappa shape index (κ3) is 4.80. The lowest BCUT2D eigenvalue weighted by atomic mass is 10.1.